The number of ether oxygens (including phenoxy) is 1. The molecule has 1 N–H and O–H groups in total. The molecule has 1 atom stereocenters. The molecule has 0 aliphatic carbocycles. The van der Waals surface area contributed by atoms with Crippen molar-refractivity contribution in [2.45, 2.75) is 24.8 Å². The molecule has 1 aromatic heterocycles. The molecule has 170 valence electrons. The summed E-state index contributed by atoms with van der Waals surface area (Å²) in [6, 6.07) is 10.00. The molecule has 31 heavy (non-hydrogen) atoms. The van der Waals surface area contributed by atoms with Crippen molar-refractivity contribution < 1.29 is 22.4 Å². The van der Waals surface area contributed by atoms with Crippen LogP contribution in [-0.4, -0.2) is 75.9 Å². The number of rotatable bonds is 11. The Balaban J connectivity index is 1.59. The van der Waals surface area contributed by atoms with Gasteiger partial charge in [-0.25, -0.2) is 8.42 Å². The zero-order valence-electron chi connectivity index (χ0n) is 18.1. The summed E-state index contributed by atoms with van der Waals surface area (Å²) in [7, 11) is -3.56. The average molecular weight is 450 g/mol. The van der Waals surface area contributed by atoms with Crippen LogP contribution < -0.4 is 5.32 Å². The molecule has 3 rings (SSSR count). The first-order valence-corrected chi connectivity index (χ1v) is 12.1. The Morgan fingerprint density at radius 1 is 1.13 bits per heavy atom. The number of carbonyl (C=O) groups excluding carboxylic acids is 1. The average Bonchev–Trinajstić information content (AvgIpc) is 3.34. The maximum Gasteiger partial charge on any atom is 0.243 e. The van der Waals surface area contributed by atoms with E-state index in [-0.39, 0.29) is 23.3 Å². The molecule has 1 aromatic carbocycles. The summed E-state index contributed by atoms with van der Waals surface area (Å²) in [5, 5.41) is 3.23. The first-order valence-electron chi connectivity index (χ1n) is 10.7. The summed E-state index contributed by atoms with van der Waals surface area (Å²) in [6.07, 6.45) is 1.66. The van der Waals surface area contributed by atoms with Crippen LogP contribution in [0.15, 0.2) is 52.0 Å². The Morgan fingerprint density at radius 2 is 1.81 bits per heavy atom. The third-order valence-electron chi connectivity index (χ3n) is 5.53. The smallest absolute Gasteiger partial charge is 0.243 e. The van der Waals surface area contributed by atoms with Gasteiger partial charge in [0.1, 0.15) is 5.76 Å². The van der Waals surface area contributed by atoms with E-state index in [4.69, 9.17) is 9.15 Å². The van der Waals surface area contributed by atoms with Crippen LogP contribution in [0.2, 0.25) is 0 Å². The topological polar surface area (TPSA) is 92.1 Å². The summed E-state index contributed by atoms with van der Waals surface area (Å²) in [5.41, 5.74) is 0.478. The first-order chi connectivity index (χ1) is 15.0. The largest absolute Gasteiger partial charge is 0.468 e. The second-order valence-electron chi connectivity index (χ2n) is 7.35. The minimum absolute atomic E-state index is 0.0406. The van der Waals surface area contributed by atoms with Gasteiger partial charge in [-0.05, 0) is 37.4 Å². The molecule has 8 nitrogen and oxygen atoms in total. The van der Waals surface area contributed by atoms with Crippen LogP contribution in [0.4, 0.5) is 0 Å². The van der Waals surface area contributed by atoms with Crippen LogP contribution in [0, 0.1) is 0 Å². The van der Waals surface area contributed by atoms with Crippen LogP contribution in [-0.2, 0) is 14.8 Å². The van der Waals surface area contributed by atoms with E-state index >= 15 is 0 Å². The fourth-order valence-corrected chi connectivity index (χ4v) is 5.14. The highest BCUT2D eigenvalue weighted by Gasteiger charge is 2.26. The van der Waals surface area contributed by atoms with E-state index in [2.05, 4.69) is 24.1 Å². The fraction of sp³-hybridized carbons (Fsp3) is 0.500. The highest BCUT2D eigenvalue weighted by molar-refractivity contribution is 7.89. The number of carbonyl (C=O) groups is 1. The molecule has 1 aliphatic heterocycles. The summed E-state index contributed by atoms with van der Waals surface area (Å²) in [4.78, 5) is 15.1. The van der Waals surface area contributed by atoms with Gasteiger partial charge in [-0.1, -0.05) is 26.0 Å². The Kier molecular flexibility index (Phi) is 8.39. The van der Waals surface area contributed by atoms with E-state index in [0.29, 0.717) is 38.4 Å². The van der Waals surface area contributed by atoms with E-state index in [1.165, 1.54) is 16.4 Å². The number of hydrogen-bond acceptors (Lipinski definition) is 7. The van der Waals surface area contributed by atoms with Crippen LogP contribution in [0.25, 0.3) is 0 Å². The molecule has 1 saturated heterocycles. The first kappa shape index (κ1) is 23.6. The predicted octanol–water partition coefficient (Wildman–Crippen LogP) is 2.16. The third kappa shape index (κ3) is 5.81. The maximum absolute atomic E-state index is 12.7. The van der Waals surface area contributed by atoms with Gasteiger partial charge in [-0.2, -0.15) is 4.31 Å². The Hall–Kier alpha value is -2.04. The van der Waals surface area contributed by atoms with Crippen LogP contribution in [0.1, 0.15) is 36.0 Å². The standard InChI is InChI=1S/C22H31N3O5S/c1-3-24(4-2)20(22-6-5-13-30-22)16-23-17-21(26)18-7-9-19(10-8-18)31(27,28)25-11-14-29-15-12-25/h5-10,13,20,23H,3-4,11-12,14-17H2,1-2H3. The van der Waals surface area contributed by atoms with E-state index < -0.39 is 10.0 Å². The lowest BCUT2D eigenvalue weighted by Crippen LogP contribution is -2.40. The second kappa shape index (κ2) is 11.0. The number of morpholine rings is 1. The van der Waals surface area contributed by atoms with Crippen LogP contribution >= 0.6 is 0 Å². The molecular weight excluding hydrogens is 418 g/mol. The lowest BCUT2D eigenvalue weighted by molar-refractivity contribution is 0.0730. The Morgan fingerprint density at radius 3 is 2.39 bits per heavy atom. The SMILES string of the molecule is CCN(CC)C(CNCC(=O)c1ccc(S(=O)(=O)N2CCOCC2)cc1)c1ccco1. The Labute approximate surface area is 184 Å². The molecule has 0 radical (unpaired) electrons. The molecule has 0 bridgehead atoms. The molecule has 0 amide bonds. The molecule has 1 fully saturated rings. The summed E-state index contributed by atoms with van der Waals surface area (Å²) in [5.74, 6) is 0.773. The van der Waals surface area contributed by atoms with E-state index in [1.54, 1.807) is 18.4 Å². The quantitative estimate of drug-likeness (QED) is 0.526. The second-order valence-corrected chi connectivity index (χ2v) is 9.29. The fourth-order valence-electron chi connectivity index (χ4n) is 3.73. The molecule has 2 heterocycles. The van der Waals surface area contributed by atoms with E-state index in [9.17, 15) is 13.2 Å². The summed E-state index contributed by atoms with van der Waals surface area (Å²) in [6.45, 7) is 8.15. The van der Waals surface area contributed by atoms with Gasteiger partial charge in [-0.3, -0.25) is 9.69 Å². The van der Waals surface area contributed by atoms with Crippen molar-refractivity contribution >= 4 is 15.8 Å². The van der Waals surface area contributed by atoms with Crippen molar-refractivity contribution in [2.75, 3.05) is 52.5 Å². The van der Waals surface area contributed by atoms with Gasteiger partial charge in [0.25, 0.3) is 0 Å². The maximum atomic E-state index is 12.7. The molecule has 9 heteroatoms. The van der Waals surface area contributed by atoms with Crippen molar-refractivity contribution in [1.29, 1.82) is 0 Å². The third-order valence-corrected chi connectivity index (χ3v) is 7.44. The van der Waals surface area contributed by atoms with Crippen molar-refractivity contribution in [3.8, 4) is 0 Å². The Bertz CT molecular complexity index is 919. The number of Topliss-reactive ketones (excluding diaryl/α,β-unsaturated/α-hetero) is 1. The zero-order valence-corrected chi connectivity index (χ0v) is 18.9. The number of ketones is 1. The lowest BCUT2D eigenvalue weighted by Gasteiger charge is -2.28. The van der Waals surface area contributed by atoms with E-state index in [0.717, 1.165) is 18.8 Å². The number of likely N-dealkylation sites (N-methyl/N-ethyl adjacent to an activating group) is 1. The number of benzene rings is 1. The van der Waals surface area contributed by atoms with E-state index in [1.807, 2.05) is 12.1 Å². The minimum atomic E-state index is -3.56. The van der Waals surface area contributed by atoms with Gasteiger partial charge >= 0.3 is 0 Å². The minimum Gasteiger partial charge on any atom is -0.468 e. The summed E-state index contributed by atoms with van der Waals surface area (Å²) >= 11 is 0. The number of nitrogens with one attached hydrogen (secondary N) is 1. The molecule has 1 aliphatic rings. The number of hydrogen-bond donors (Lipinski definition) is 1. The van der Waals surface area contributed by atoms with Gasteiger partial charge in [0.05, 0.1) is 37.0 Å². The monoisotopic (exact) mass is 449 g/mol. The lowest BCUT2D eigenvalue weighted by atomic mass is 10.1. The molecule has 0 saturated carbocycles. The number of nitrogens with zero attached hydrogens (tertiary/aromatic N) is 2. The van der Waals surface area contributed by atoms with Crippen molar-refractivity contribution in [3.63, 3.8) is 0 Å². The highest BCUT2D eigenvalue weighted by Crippen LogP contribution is 2.20. The van der Waals surface area contributed by atoms with Crippen molar-refractivity contribution in [1.82, 2.24) is 14.5 Å². The molecule has 1 unspecified atom stereocenters. The van der Waals surface area contributed by atoms with Gasteiger partial charge in [0.15, 0.2) is 5.78 Å². The van der Waals surface area contributed by atoms with Gasteiger partial charge in [0, 0.05) is 25.2 Å². The van der Waals surface area contributed by atoms with Crippen molar-refractivity contribution in [3.05, 3.63) is 54.0 Å². The summed E-state index contributed by atoms with van der Waals surface area (Å²) < 4.78 is 37.6. The van der Waals surface area contributed by atoms with Crippen LogP contribution in [0.3, 0.4) is 0 Å². The van der Waals surface area contributed by atoms with Gasteiger partial charge in [-0.15, -0.1) is 0 Å². The number of sulfonamides is 1. The number of furan rings is 1. The van der Waals surface area contributed by atoms with Crippen molar-refractivity contribution in [2.24, 2.45) is 0 Å². The van der Waals surface area contributed by atoms with Gasteiger partial charge < -0.3 is 14.5 Å². The highest BCUT2D eigenvalue weighted by atomic mass is 32.2. The normalized spacial score (nSPS) is 16.5. The van der Waals surface area contributed by atoms with Crippen LogP contribution in [0.5, 0.6) is 0 Å². The van der Waals surface area contributed by atoms with Gasteiger partial charge in [0.2, 0.25) is 10.0 Å². The molecular formula is C22H31N3O5S. The zero-order chi connectivity index (χ0) is 22.3. The molecule has 2 aromatic rings. The molecule has 0 spiro atoms. The predicted molar refractivity (Wildman–Crippen MR) is 118 cm³/mol.